The van der Waals surface area contributed by atoms with Gasteiger partial charge in [-0.25, -0.2) is 0 Å². The molecule has 1 heterocycles. The largest absolute Gasteiger partial charge is 0.452 e. The van der Waals surface area contributed by atoms with Gasteiger partial charge in [-0.3, -0.25) is 0 Å². The molecule has 0 saturated carbocycles. The molecule has 3 nitrogen and oxygen atoms in total. The van der Waals surface area contributed by atoms with Crippen molar-refractivity contribution in [2.45, 2.75) is 6.10 Å². The van der Waals surface area contributed by atoms with Crippen LogP contribution in [-0.2, 0) is 0 Å². The second-order valence-corrected chi connectivity index (χ2v) is 2.67. The van der Waals surface area contributed by atoms with E-state index in [0.717, 1.165) is 0 Å². The molecule has 0 radical (unpaired) electrons. The third-order valence-electron chi connectivity index (χ3n) is 1.15. The predicted octanol–water partition coefficient (Wildman–Crippen LogP) is 1.03. The molecule has 0 bridgehead atoms. The maximum atomic E-state index is 9.10. The minimum atomic E-state index is -0.689. The second-order valence-electron chi connectivity index (χ2n) is 1.89. The average molecular weight is 206 g/mol. The van der Waals surface area contributed by atoms with E-state index in [9.17, 15) is 0 Å². The zero-order chi connectivity index (χ0) is 7.56. The van der Waals surface area contributed by atoms with Crippen molar-refractivity contribution in [2.24, 2.45) is 5.73 Å². The van der Waals surface area contributed by atoms with E-state index in [1.807, 2.05) is 0 Å². The number of hydrogen-bond donors (Lipinski definition) is 2. The highest BCUT2D eigenvalue weighted by Crippen LogP contribution is 2.19. The zero-order valence-electron chi connectivity index (χ0n) is 5.25. The Labute approximate surface area is 67.0 Å². The molecule has 3 N–H and O–H groups in total. The van der Waals surface area contributed by atoms with Gasteiger partial charge in [0.15, 0.2) is 4.67 Å². The van der Waals surface area contributed by atoms with Gasteiger partial charge in [0.25, 0.3) is 0 Å². The second kappa shape index (κ2) is 3.18. The van der Waals surface area contributed by atoms with E-state index in [1.165, 1.54) is 0 Å². The Kier molecular flexibility index (Phi) is 2.48. The van der Waals surface area contributed by atoms with E-state index in [-0.39, 0.29) is 6.54 Å². The summed E-state index contributed by atoms with van der Waals surface area (Å²) in [7, 11) is 0. The predicted molar refractivity (Wildman–Crippen MR) is 40.4 cm³/mol. The molecule has 0 aliphatic carbocycles. The molecule has 10 heavy (non-hydrogen) atoms. The topological polar surface area (TPSA) is 59.4 Å². The first-order valence-corrected chi connectivity index (χ1v) is 3.66. The standard InChI is InChI=1S/C6H8BrNO2/c7-6-2-1-5(10-6)4(9)3-8/h1-2,4,9H,3,8H2/t4-/m0/s1. The highest BCUT2D eigenvalue weighted by Gasteiger charge is 2.08. The highest BCUT2D eigenvalue weighted by atomic mass is 79.9. The van der Waals surface area contributed by atoms with Gasteiger partial charge in [0, 0.05) is 6.54 Å². The van der Waals surface area contributed by atoms with Crippen molar-refractivity contribution in [1.82, 2.24) is 0 Å². The van der Waals surface area contributed by atoms with Crippen LogP contribution in [-0.4, -0.2) is 11.7 Å². The van der Waals surface area contributed by atoms with Crippen molar-refractivity contribution in [1.29, 1.82) is 0 Å². The summed E-state index contributed by atoms with van der Waals surface area (Å²) < 4.78 is 5.63. The molecule has 1 aromatic rings. The van der Waals surface area contributed by atoms with Crippen molar-refractivity contribution >= 4 is 15.9 Å². The van der Waals surface area contributed by atoms with E-state index >= 15 is 0 Å². The van der Waals surface area contributed by atoms with Crippen LogP contribution in [0.5, 0.6) is 0 Å². The Morgan fingerprint density at radius 1 is 1.70 bits per heavy atom. The Balaban J connectivity index is 2.74. The fourth-order valence-corrected chi connectivity index (χ4v) is 0.943. The summed E-state index contributed by atoms with van der Waals surface area (Å²) in [4.78, 5) is 0. The van der Waals surface area contributed by atoms with E-state index in [4.69, 9.17) is 15.3 Å². The number of aliphatic hydroxyl groups excluding tert-OH is 1. The normalized spacial score (nSPS) is 13.5. The fourth-order valence-electron chi connectivity index (χ4n) is 0.624. The van der Waals surface area contributed by atoms with Crippen LogP contribution >= 0.6 is 15.9 Å². The number of hydrogen-bond acceptors (Lipinski definition) is 3. The smallest absolute Gasteiger partial charge is 0.169 e. The minimum absolute atomic E-state index is 0.181. The number of furan rings is 1. The first-order chi connectivity index (χ1) is 4.74. The molecule has 0 saturated heterocycles. The molecule has 0 spiro atoms. The molecule has 1 rings (SSSR count). The summed E-state index contributed by atoms with van der Waals surface area (Å²) in [5.41, 5.74) is 5.19. The van der Waals surface area contributed by atoms with Gasteiger partial charge in [0.05, 0.1) is 0 Å². The number of nitrogens with two attached hydrogens (primary N) is 1. The van der Waals surface area contributed by atoms with Crippen LogP contribution in [0.1, 0.15) is 11.9 Å². The summed E-state index contributed by atoms with van der Waals surface area (Å²) in [6.07, 6.45) is -0.689. The van der Waals surface area contributed by atoms with Crippen LogP contribution in [0.15, 0.2) is 21.2 Å². The van der Waals surface area contributed by atoms with Crippen molar-refractivity contribution in [3.8, 4) is 0 Å². The summed E-state index contributed by atoms with van der Waals surface area (Å²) in [5, 5.41) is 9.10. The zero-order valence-corrected chi connectivity index (χ0v) is 6.84. The lowest BCUT2D eigenvalue weighted by molar-refractivity contribution is 0.156. The molecule has 4 heteroatoms. The quantitative estimate of drug-likeness (QED) is 0.759. The van der Waals surface area contributed by atoms with Crippen molar-refractivity contribution in [3.63, 3.8) is 0 Å². The van der Waals surface area contributed by atoms with Crippen LogP contribution < -0.4 is 5.73 Å². The van der Waals surface area contributed by atoms with Crippen LogP contribution in [0.4, 0.5) is 0 Å². The van der Waals surface area contributed by atoms with Gasteiger partial charge in [-0.2, -0.15) is 0 Å². The van der Waals surface area contributed by atoms with E-state index < -0.39 is 6.10 Å². The molecule has 0 aliphatic rings. The highest BCUT2D eigenvalue weighted by molar-refractivity contribution is 9.10. The van der Waals surface area contributed by atoms with Gasteiger partial charge in [0.2, 0.25) is 0 Å². The van der Waals surface area contributed by atoms with E-state index in [0.29, 0.717) is 10.4 Å². The maximum Gasteiger partial charge on any atom is 0.169 e. The minimum Gasteiger partial charge on any atom is -0.452 e. The summed E-state index contributed by atoms with van der Waals surface area (Å²) in [5.74, 6) is 0.495. The Morgan fingerprint density at radius 2 is 2.40 bits per heavy atom. The lowest BCUT2D eigenvalue weighted by Crippen LogP contribution is -2.10. The third kappa shape index (κ3) is 1.59. The van der Waals surface area contributed by atoms with Crippen LogP contribution in [0.2, 0.25) is 0 Å². The van der Waals surface area contributed by atoms with Gasteiger partial charge >= 0.3 is 0 Å². The molecule has 0 amide bonds. The first kappa shape index (κ1) is 7.78. The SMILES string of the molecule is NC[C@H](O)c1ccc(Br)o1. The Hall–Kier alpha value is -0.320. The lowest BCUT2D eigenvalue weighted by Gasteiger charge is -2.00. The fraction of sp³-hybridized carbons (Fsp3) is 0.333. The Bertz CT molecular complexity index is 211. The molecule has 0 aliphatic heterocycles. The summed E-state index contributed by atoms with van der Waals surface area (Å²) in [6.45, 7) is 0.181. The summed E-state index contributed by atoms with van der Waals surface area (Å²) in [6, 6.07) is 3.40. The van der Waals surface area contributed by atoms with Gasteiger partial charge in [0.1, 0.15) is 11.9 Å². The van der Waals surface area contributed by atoms with Gasteiger partial charge in [-0.15, -0.1) is 0 Å². The van der Waals surface area contributed by atoms with Gasteiger partial charge in [-0.1, -0.05) is 0 Å². The van der Waals surface area contributed by atoms with E-state index in [1.54, 1.807) is 12.1 Å². The number of rotatable bonds is 2. The third-order valence-corrected chi connectivity index (χ3v) is 1.57. The van der Waals surface area contributed by atoms with Crippen LogP contribution in [0, 0.1) is 0 Å². The lowest BCUT2D eigenvalue weighted by atomic mass is 10.3. The first-order valence-electron chi connectivity index (χ1n) is 2.87. The van der Waals surface area contributed by atoms with Crippen molar-refractivity contribution in [2.75, 3.05) is 6.54 Å². The van der Waals surface area contributed by atoms with Gasteiger partial charge in [-0.05, 0) is 28.1 Å². The Morgan fingerprint density at radius 3 is 2.80 bits per heavy atom. The maximum absolute atomic E-state index is 9.10. The molecular weight excluding hydrogens is 198 g/mol. The van der Waals surface area contributed by atoms with Crippen LogP contribution in [0.25, 0.3) is 0 Å². The number of halogens is 1. The molecule has 1 atom stereocenters. The molecule has 56 valence electrons. The van der Waals surface area contributed by atoms with Crippen LogP contribution in [0.3, 0.4) is 0 Å². The molecule has 0 fully saturated rings. The summed E-state index contributed by atoms with van der Waals surface area (Å²) >= 11 is 3.11. The monoisotopic (exact) mass is 205 g/mol. The number of aliphatic hydroxyl groups is 1. The molecular formula is C6H8BrNO2. The van der Waals surface area contributed by atoms with Crippen molar-refractivity contribution in [3.05, 3.63) is 22.6 Å². The average Bonchev–Trinajstić information content (AvgIpc) is 2.34. The molecule has 1 aromatic heterocycles. The van der Waals surface area contributed by atoms with Crippen molar-refractivity contribution < 1.29 is 9.52 Å². The molecule has 0 aromatic carbocycles. The van der Waals surface area contributed by atoms with E-state index in [2.05, 4.69) is 15.9 Å². The molecule has 0 unspecified atom stereocenters. The van der Waals surface area contributed by atoms with Gasteiger partial charge < -0.3 is 15.3 Å².